The number of rotatable bonds is 6. The van der Waals surface area contributed by atoms with E-state index in [0.717, 1.165) is 15.6 Å². The molecule has 0 aromatic heterocycles. The molecule has 1 aliphatic rings. The van der Waals surface area contributed by atoms with E-state index in [2.05, 4.69) is 21.2 Å². The third kappa shape index (κ3) is 4.28. The van der Waals surface area contributed by atoms with Crippen LogP contribution in [0.5, 0.6) is 11.5 Å². The molecule has 1 heterocycles. The lowest BCUT2D eigenvalue weighted by atomic mass is 10.2. The molecule has 1 fully saturated rings. The Balaban J connectivity index is 1.79. The van der Waals surface area contributed by atoms with Crippen molar-refractivity contribution in [3.05, 3.63) is 57.0 Å². The summed E-state index contributed by atoms with van der Waals surface area (Å²) in [5.74, 6) is 0.826. The molecule has 0 bridgehead atoms. The molecule has 1 aliphatic heterocycles. The minimum absolute atomic E-state index is 0.112. The van der Waals surface area contributed by atoms with E-state index in [1.807, 2.05) is 36.4 Å². The number of carbonyl (C=O) groups is 1. The highest BCUT2D eigenvalue weighted by atomic mass is 79.9. The van der Waals surface area contributed by atoms with E-state index in [4.69, 9.17) is 26.2 Å². The second-order valence-corrected chi connectivity index (χ2v) is 8.08. The van der Waals surface area contributed by atoms with Crippen molar-refractivity contribution >= 4 is 45.3 Å². The van der Waals surface area contributed by atoms with Crippen LogP contribution in [0, 0.1) is 0 Å². The average Bonchev–Trinajstić information content (AvgIpc) is 3.12. The van der Waals surface area contributed by atoms with Crippen LogP contribution in [-0.4, -0.2) is 30.0 Å². The van der Waals surface area contributed by atoms with Crippen molar-refractivity contribution < 1.29 is 19.4 Å². The molecule has 3 rings (SSSR count). The number of thioether (sulfide) groups is 1. The summed E-state index contributed by atoms with van der Waals surface area (Å²) in [6, 6.07) is 10.7. The van der Waals surface area contributed by atoms with Crippen LogP contribution >= 0.6 is 39.3 Å². The van der Waals surface area contributed by atoms with Crippen LogP contribution in [0.3, 0.4) is 0 Å². The van der Waals surface area contributed by atoms with Crippen LogP contribution in [0.2, 0.25) is 5.02 Å². The maximum absolute atomic E-state index is 11.1. The number of carboxylic acid groups (broad SMARTS) is 1. The Kier molecular flexibility index (Phi) is 6.34. The van der Waals surface area contributed by atoms with E-state index >= 15 is 0 Å². The zero-order valence-corrected chi connectivity index (χ0v) is 17.0. The zero-order valence-electron chi connectivity index (χ0n) is 13.9. The number of aliphatic carboxylic acids is 1. The molecule has 0 saturated carbocycles. The minimum atomic E-state index is -0.842. The Hall–Kier alpha value is -1.41. The summed E-state index contributed by atoms with van der Waals surface area (Å²) >= 11 is 11.3. The molecule has 2 aromatic rings. The van der Waals surface area contributed by atoms with Gasteiger partial charge in [0.25, 0.3) is 0 Å². The summed E-state index contributed by atoms with van der Waals surface area (Å²) < 4.78 is 12.1. The third-order valence-electron chi connectivity index (χ3n) is 3.96. The number of ether oxygens (including phenoxy) is 2. The van der Waals surface area contributed by atoms with E-state index < -0.39 is 12.0 Å². The largest absolute Gasteiger partial charge is 0.493 e. The maximum Gasteiger partial charge on any atom is 0.321 e. The fourth-order valence-corrected chi connectivity index (χ4v) is 4.58. The van der Waals surface area contributed by atoms with Gasteiger partial charge in [-0.25, -0.2) is 0 Å². The van der Waals surface area contributed by atoms with Crippen molar-refractivity contribution in [1.29, 1.82) is 0 Å². The molecular weight excluding hydrogens is 442 g/mol. The van der Waals surface area contributed by atoms with Gasteiger partial charge in [-0.05, 0) is 39.7 Å². The molecule has 0 spiro atoms. The smallest absolute Gasteiger partial charge is 0.321 e. The summed E-state index contributed by atoms with van der Waals surface area (Å²) in [5, 5.41) is 12.8. The molecule has 2 aromatic carbocycles. The van der Waals surface area contributed by atoms with Crippen LogP contribution in [0.4, 0.5) is 0 Å². The van der Waals surface area contributed by atoms with Gasteiger partial charge < -0.3 is 14.6 Å². The molecule has 0 unspecified atom stereocenters. The van der Waals surface area contributed by atoms with Crippen molar-refractivity contribution in [2.24, 2.45) is 0 Å². The molecule has 1 saturated heterocycles. The first-order chi connectivity index (χ1) is 12.5. The molecule has 8 heteroatoms. The van der Waals surface area contributed by atoms with Crippen LogP contribution in [0.1, 0.15) is 16.5 Å². The molecular formula is C18H17BrClNO4S. The SMILES string of the molecule is COc1cc([C@@H]2N[C@@H](C(=O)O)CS2)cc(Br)c1OCc1ccccc1Cl. The number of benzene rings is 2. The van der Waals surface area contributed by atoms with Crippen LogP contribution < -0.4 is 14.8 Å². The van der Waals surface area contributed by atoms with Gasteiger partial charge >= 0.3 is 5.97 Å². The van der Waals surface area contributed by atoms with Gasteiger partial charge in [-0.2, -0.15) is 0 Å². The Morgan fingerprint density at radius 2 is 2.19 bits per heavy atom. The molecule has 138 valence electrons. The summed E-state index contributed by atoms with van der Waals surface area (Å²) in [6.45, 7) is 0.311. The van der Waals surface area contributed by atoms with Crippen molar-refractivity contribution in [2.75, 3.05) is 12.9 Å². The van der Waals surface area contributed by atoms with Gasteiger partial charge in [0.1, 0.15) is 12.6 Å². The van der Waals surface area contributed by atoms with Gasteiger partial charge in [0.05, 0.1) is 17.0 Å². The zero-order chi connectivity index (χ0) is 18.7. The predicted octanol–water partition coefficient (Wildman–Crippen LogP) is 4.48. The average molecular weight is 459 g/mol. The number of hydrogen-bond donors (Lipinski definition) is 2. The second-order valence-electron chi connectivity index (χ2n) is 5.69. The number of methoxy groups -OCH3 is 1. The lowest BCUT2D eigenvalue weighted by Crippen LogP contribution is -2.33. The van der Waals surface area contributed by atoms with Crippen molar-refractivity contribution in [1.82, 2.24) is 5.32 Å². The molecule has 26 heavy (non-hydrogen) atoms. The van der Waals surface area contributed by atoms with E-state index in [9.17, 15) is 4.79 Å². The van der Waals surface area contributed by atoms with Gasteiger partial charge in [0.2, 0.25) is 0 Å². The fraction of sp³-hybridized carbons (Fsp3) is 0.278. The Morgan fingerprint density at radius 1 is 1.42 bits per heavy atom. The van der Waals surface area contributed by atoms with E-state index in [1.54, 1.807) is 18.9 Å². The van der Waals surface area contributed by atoms with Gasteiger partial charge in [-0.1, -0.05) is 29.8 Å². The number of hydrogen-bond acceptors (Lipinski definition) is 5. The molecule has 2 N–H and O–H groups in total. The summed E-state index contributed by atoms with van der Waals surface area (Å²) in [4.78, 5) is 11.1. The van der Waals surface area contributed by atoms with E-state index in [0.29, 0.717) is 28.9 Å². The number of carboxylic acids is 1. The van der Waals surface area contributed by atoms with Crippen LogP contribution in [0.15, 0.2) is 40.9 Å². The van der Waals surface area contributed by atoms with Crippen LogP contribution in [-0.2, 0) is 11.4 Å². The normalized spacial score (nSPS) is 19.3. The van der Waals surface area contributed by atoms with Crippen molar-refractivity contribution in [2.45, 2.75) is 18.0 Å². The van der Waals surface area contributed by atoms with Gasteiger partial charge in [-0.3, -0.25) is 10.1 Å². The highest BCUT2D eigenvalue weighted by Crippen LogP contribution is 2.42. The minimum Gasteiger partial charge on any atom is -0.493 e. The molecule has 0 radical (unpaired) electrons. The fourth-order valence-electron chi connectivity index (χ4n) is 2.60. The summed E-state index contributed by atoms with van der Waals surface area (Å²) in [6.07, 6.45) is 0. The van der Waals surface area contributed by atoms with Gasteiger partial charge in [-0.15, -0.1) is 11.8 Å². The standard InChI is InChI=1S/C18H17BrClNO4S/c1-24-15-7-11(17-21-14(9-26-17)18(22)23)6-12(19)16(15)25-8-10-4-2-3-5-13(10)20/h2-7,14,17,21H,8-9H2,1H3,(H,22,23)/t14-,17-/m1/s1. The lowest BCUT2D eigenvalue weighted by molar-refractivity contribution is -0.138. The molecule has 5 nitrogen and oxygen atoms in total. The Morgan fingerprint density at radius 3 is 2.85 bits per heavy atom. The highest BCUT2D eigenvalue weighted by molar-refractivity contribution is 9.10. The Bertz CT molecular complexity index is 820. The van der Waals surface area contributed by atoms with Gasteiger partial charge in [0.15, 0.2) is 11.5 Å². The first-order valence-corrected chi connectivity index (χ1v) is 10.1. The first-order valence-electron chi connectivity index (χ1n) is 7.83. The highest BCUT2D eigenvalue weighted by Gasteiger charge is 2.31. The molecule has 0 amide bonds. The van der Waals surface area contributed by atoms with Crippen LogP contribution in [0.25, 0.3) is 0 Å². The summed E-state index contributed by atoms with van der Waals surface area (Å²) in [5.41, 5.74) is 1.80. The summed E-state index contributed by atoms with van der Waals surface area (Å²) in [7, 11) is 1.57. The third-order valence-corrected chi connectivity index (χ3v) is 6.19. The van der Waals surface area contributed by atoms with E-state index in [1.165, 1.54) is 0 Å². The maximum atomic E-state index is 11.1. The molecule has 2 atom stereocenters. The number of halogens is 2. The first kappa shape index (κ1) is 19.4. The van der Waals surface area contributed by atoms with E-state index in [-0.39, 0.29) is 5.37 Å². The quantitative estimate of drug-likeness (QED) is 0.665. The monoisotopic (exact) mass is 457 g/mol. The predicted molar refractivity (Wildman–Crippen MR) is 106 cm³/mol. The number of nitrogens with one attached hydrogen (secondary N) is 1. The Labute approximate surface area is 169 Å². The lowest BCUT2D eigenvalue weighted by Gasteiger charge is -2.17. The van der Waals surface area contributed by atoms with Gasteiger partial charge in [0, 0.05) is 16.3 Å². The second kappa shape index (κ2) is 8.52. The van der Waals surface area contributed by atoms with Crippen molar-refractivity contribution in [3.8, 4) is 11.5 Å². The topological polar surface area (TPSA) is 67.8 Å². The molecule has 0 aliphatic carbocycles. The van der Waals surface area contributed by atoms with Crippen molar-refractivity contribution in [3.63, 3.8) is 0 Å².